The van der Waals surface area contributed by atoms with Gasteiger partial charge in [-0.3, -0.25) is 4.79 Å². The molecule has 0 radical (unpaired) electrons. The number of benzene rings is 3. The van der Waals surface area contributed by atoms with Crippen molar-refractivity contribution in [2.45, 2.75) is 52.4 Å². The Kier molecular flexibility index (Phi) is 9.57. The fraction of sp³-hybridized carbons (Fsp3) is 0.406. The van der Waals surface area contributed by atoms with E-state index in [1.54, 1.807) is 0 Å². The summed E-state index contributed by atoms with van der Waals surface area (Å²) in [7, 11) is 0. The van der Waals surface area contributed by atoms with E-state index in [0.717, 1.165) is 55.8 Å². The second kappa shape index (κ2) is 13.3. The van der Waals surface area contributed by atoms with Gasteiger partial charge in [-0.2, -0.15) is 0 Å². The highest BCUT2D eigenvalue weighted by Gasteiger charge is 2.22. The van der Waals surface area contributed by atoms with Gasteiger partial charge in [-0.15, -0.1) is 0 Å². The number of nitrogens with zero attached hydrogens (tertiary/aromatic N) is 1. The largest absolute Gasteiger partial charge is 0.491 e. The molecule has 1 amide bonds. The molecule has 1 aliphatic carbocycles. The van der Waals surface area contributed by atoms with Crippen molar-refractivity contribution in [3.63, 3.8) is 0 Å². The lowest BCUT2D eigenvalue weighted by Gasteiger charge is -2.26. The van der Waals surface area contributed by atoms with Gasteiger partial charge >= 0.3 is 0 Å². The molecule has 0 bridgehead atoms. The van der Waals surface area contributed by atoms with Gasteiger partial charge in [-0.25, -0.2) is 0 Å². The van der Waals surface area contributed by atoms with E-state index < -0.39 is 0 Å². The van der Waals surface area contributed by atoms with Crippen LogP contribution in [0.25, 0.3) is 0 Å². The zero-order valence-corrected chi connectivity index (χ0v) is 21.8. The van der Waals surface area contributed by atoms with Crippen LogP contribution in [0.5, 0.6) is 5.75 Å². The Morgan fingerprint density at radius 1 is 0.917 bits per heavy atom. The van der Waals surface area contributed by atoms with Crippen molar-refractivity contribution in [3.05, 3.63) is 95.1 Å². The number of aryl methyl sites for hydroxylation is 2. The van der Waals surface area contributed by atoms with Gasteiger partial charge in [0.1, 0.15) is 5.75 Å². The normalized spacial score (nSPS) is 12.9. The van der Waals surface area contributed by atoms with Crippen molar-refractivity contribution in [1.82, 2.24) is 5.32 Å². The number of hydrogen-bond donors (Lipinski definition) is 1. The number of carbonyl (C=O) groups is 1. The van der Waals surface area contributed by atoms with Crippen LogP contribution in [0.1, 0.15) is 60.2 Å². The van der Waals surface area contributed by atoms with E-state index in [9.17, 15) is 4.79 Å². The number of carbonyl (C=O) groups excluding carboxylic acids is 1. The Morgan fingerprint density at radius 2 is 1.67 bits per heavy atom. The van der Waals surface area contributed by atoms with E-state index in [0.29, 0.717) is 19.1 Å². The summed E-state index contributed by atoms with van der Waals surface area (Å²) in [4.78, 5) is 15.8. The van der Waals surface area contributed by atoms with Gasteiger partial charge in [0.25, 0.3) is 5.91 Å². The zero-order chi connectivity index (χ0) is 25.2. The molecule has 1 N–H and O–H groups in total. The molecule has 36 heavy (non-hydrogen) atoms. The first-order valence-electron chi connectivity index (χ1n) is 13.5. The minimum atomic E-state index is 0.0493. The number of nitrogens with one attached hydrogen (secondary N) is 1. The predicted molar refractivity (Wildman–Crippen MR) is 149 cm³/mol. The van der Waals surface area contributed by atoms with Crippen LogP contribution in [-0.4, -0.2) is 32.1 Å². The molecule has 0 fully saturated rings. The minimum absolute atomic E-state index is 0.0493. The maximum atomic E-state index is 13.9. The van der Waals surface area contributed by atoms with Crippen molar-refractivity contribution in [1.29, 1.82) is 0 Å². The molecule has 0 atom stereocenters. The molecule has 0 unspecified atom stereocenters. The molecule has 0 saturated carbocycles. The van der Waals surface area contributed by atoms with Gasteiger partial charge in [0.15, 0.2) is 0 Å². The highest BCUT2D eigenvalue weighted by atomic mass is 16.5. The lowest BCUT2D eigenvalue weighted by molar-refractivity contribution is 0.0985. The van der Waals surface area contributed by atoms with Crippen LogP contribution in [0, 0.1) is 5.92 Å². The van der Waals surface area contributed by atoms with Gasteiger partial charge in [0.05, 0.1) is 12.3 Å². The molecule has 3 aromatic rings. The summed E-state index contributed by atoms with van der Waals surface area (Å²) in [5, 5.41) is 3.55. The number of hydrogen-bond acceptors (Lipinski definition) is 3. The number of ether oxygens (including phenoxy) is 1. The first kappa shape index (κ1) is 26.0. The van der Waals surface area contributed by atoms with E-state index in [4.69, 9.17) is 4.74 Å². The number of fused-ring (bicyclic) bond motifs is 1. The summed E-state index contributed by atoms with van der Waals surface area (Å²) in [6, 6.07) is 24.8. The molecule has 0 spiro atoms. The summed E-state index contributed by atoms with van der Waals surface area (Å²) in [6.45, 7) is 7.32. The predicted octanol–water partition coefficient (Wildman–Crippen LogP) is 6.47. The average Bonchev–Trinajstić information content (AvgIpc) is 2.92. The molecule has 4 rings (SSSR count). The van der Waals surface area contributed by atoms with Crippen molar-refractivity contribution < 1.29 is 9.53 Å². The molecule has 3 aromatic carbocycles. The SMILES string of the molecule is CC(C)COc1ccccc1N(CCCNCCc1ccccc1)C(=O)c1ccc2c(c1)CCCC2. The Morgan fingerprint density at radius 3 is 2.47 bits per heavy atom. The fourth-order valence-electron chi connectivity index (χ4n) is 4.78. The van der Waals surface area contributed by atoms with Crippen LogP contribution in [0.4, 0.5) is 5.69 Å². The third-order valence-electron chi connectivity index (χ3n) is 6.74. The summed E-state index contributed by atoms with van der Waals surface area (Å²) in [5.74, 6) is 1.24. The molecular formula is C32H40N2O2. The van der Waals surface area contributed by atoms with Gasteiger partial charge in [-0.1, -0.05) is 62.4 Å². The second-order valence-electron chi connectivity index (χ2n) is 10.2. The minimum Gasteiger partial charge on any atom is -0.491 e. The van der Waals surface area contributed by atoms with Crippen molar-refractivity contribution >= 4 is 11.6 Å². The number of anilines is 1. The summed E-state index contributed by atoms with van der Waals surface area (Å²) < 4.78 is 6.14. The lowest BCUT2D eigenvalue weighted by Crippen LogP contribution is -2.34. The highest BCUT2D eigenvalue weighted by molar-refractivity contribution is 6.07. The lowest BCUT2D eigenvalue weighted by atomic mass is 9.90. The molecular weight excluding hydrogens is 444 g/mol. The first-order valence-corrected chi connectivity index (χ1v) is 13.5. The molecule has 1 aliphatic rings. The molecule has 190 valence electrons. The Labute approximate surface area is 216 Å². The van der Waals surface area contributed by atoms with E-state index in [-0.39, 0.29) is 5.91 Å². The fourth-order valence-corrected chi connectivity index (χ4v) is 4.78. The summed E-state index contributed by atoms with van der Waals surface area (Å²) >= 11 is 0. The maximum absolute atomic E-state index is 13.9. The highest BCUT2D eigenvalue weighted by Crippen LogP contribution is 2.31. The first-order chi connectivity index (χ1) is 17.6. The van der Waals surface area contributed by atoms with Gasteiger partial charge in [0, 0.05) is 12.1 Å². The van der Waals surface area contributed by atoms with Crippen molar-refractivity contribution in [2.24, 2.45) is 5.92 Å². The standard InChI is InChI=1S/C32H40N2O2/c1-25(2)24-36-31-16-9-8-15-30(31)34(22-10-20-33-21-19-26-11-4-3-5-12-26)32(35)29-18-17-27-13-6-7-14-28(27)23-29/h3-5,8-9,11-12,15-18,23,25,33H,6-7,10,13-14,19-22,24H2,1-2H3. The van der Waals surface area contributed by atoms with Crippen LogP contribution in [0.3, 0.4) is 0 Å². The summed E-state index contributed by atoms with van der Waals surface area (Å²) in [6.07, 6.45) is 6.50. The van der Waals surface area contributed by atoms with Crippen LogP contribution >= 0.6 is 0 Å². The number of rotatable bonds is 12. The molecule has 4 heteroatoms. The summed E-state index contributed by atoms with van der Waals surface area (Å²) in [5.41, 5.74) is 5.69. The number of para-hydroxylation sites is 2. The molecule has 0 heterocycles. The van der Waals surface area contributed by atoms with Gasteiger partial charge in [0.2, 0.25) is 0 Å². The molecule has 4 nitrogen and oxygen atoms in total. The third kappa shape index (κ3) is 7.20. The van der Waals surface area contributed by atoms with E-state index in [1.807, 2.05) is 41.3 Å². The van der Waals surface area contributed by atoms with Crippen molar-refractivity contribution in [2.75, 3.05) is 31.1 Å². The van der Waals surface area contributed by atoms with Crippen LogP contribution in [0.2, 0.25) is 0 Å². The molecule has 0 saturated heterocycles. The van der Waals surface area contributed by atoms with Gasteiger partial charge < -0.3 is 15.0 Å². The van der Waals surface area contributed by atoms with Gasteiger partial charge in [-0.05, 0) is 98.5 Å². The van der Waals surface area contributed by atoms with Crippen LogP contribution in [0.15, 0.2) is 72.8 Å². The average molecular weight is 485 g/mol. The smallest absolute Gasteiger partial charge is 0.258 e. The second-order valence-corrected chi connectivity index (χ2v) is 10.2. The molecule has 0 aliphatic heterocycles. The maximum Gasteiger partial charge on any atom is 0.258 e. The van der Waals surface area contributed by atoms with E-state index >= 15 is 0 Å². The molecule has 0 aromatic heterocycles. The topological polar surface area (TPSA) is 41.6 Å². The van der Waals surface area contributed by atoms with E-state index in [1.165, 1.54) is 29.5 Å². The quantitative estimate of drug-likeness (QED) is 0.300. The Balaban J connectivity index is 1.46. The van der Waals surface area contributed by atoms with E-state index in [2.05, 4.69) is 55.6 Å². The van der Waals surface area contributed by atoms with Crippen molar-refractivity contribution in [3.8, 4) is 5.75 Å². The van der Waals surface area contributed by atoms with Crippen LogP contribution in [-0.2, 0) is 19.3 Å². The third-order valence-corrected chi connectivity index (χ3v) is 6.74. The van der Waals surface area contributed by atoms with Crippen LogP contribution < -0.4 is 15.0 Å². The number of amides is 1. The Bertz CT molecular complexity index is 1110. The zero-order valence-electron chi connectivity index (χ0n) is 21.8. The monoisotopic (exact) mass is 484 g/mol. The Hall–Kier alpha value is -3.11.